The van der Waals surface area contributed by atoms with Crippen molar-refractivity contribution >= 4 is 12.6 Å². The Morgan fingerprint density at radius 1 is 1.86 bits per heavy atom. The van der Waals surface area contributed by atoms with Crippen LogP contribution < -0.4 is 0 Å². The first-order chi connectivity index (χ1) is 3.41. The van der Waals surface area contributed by atoms with Gasteiger partial charge in [0.15, 0.2) is 0 Å². The van der Waals surface area contributed by atoms with Crippen molar-refractivity contribution in [3.63, 3.8) is 0 Å². The molecule has 0 bridgehead atoms. The topological polar surface area (TPSA) is 58.9 Å². The fourth-order valence-corrected chi connectivity index (χ4v) is 0.119. The molecule has 40 valence electrons. The van der Waals surface area contributed by atoms with E-state index in [0.717, 1.165) is 6.21 Å². The molecule has 0 rings (SSSR count). The van der Waals surface area contributed by atoms with Gasteiger partial charge in [-0.25, -0.2) is 9.88 Å². The number of nitrogens with zero attached hydrogens (tertiary/aromatic N) is 1. The lowest BCUT2D eigenvalue weighted by atomic mass is 10.8. The molecular weight excluding hydrogens is 98.0 g/mol. The van der Waals surface area contributed by atoms with Gasteiger partial charge in [-0.05, 0) is 0 Å². The van der Waals surface area contributed by atoms with E-state index < -0.39 is 0 Å². The summed E-state index contributed by atoms with van der Waals surface area (Å²) < 4.78 is 0. The molecule has 0 aliphatic heterocycles. The first kappa shape index (κ1) is 6.26. The third-order valence-electron chi connectivity index (χ3n) is 0.315. The predicted molar refractivity (Wildman–Crippen MR) is 23.1 cm³/mol. The van der Waals surface area contributed by atoms with Crippen LogP contribution in [0.2, 0.25) is 0 Å². The lowest BCUT2D eigenvalue weighted by Crippen LogP contribution is -1.88. The summed E-state index contributed by atoms with van der Waals surface area (Å²) in [6.45, 7) is -0.0429. The minimum absolute atomic E-state index is 0.0429. The third-order valence-corrected chi connectivity index (χ3v) is 0.315. The molecule has 0 saturated heterocycles. The highest BCUT2D eigenvalue weighted by Gasteiger charge is 1.68. The van der Waals surface area contributed by atoms with Gasteiger partial charge in [-0.15, -0.1) is 0 Å². The van der Waals surface area contributed by atoms with Gasteiger partial charge in [-0.1, -0.05) is 0 Å². The molecule has 0 radical (unpaired) electrons. The molecule has 1 N–H and O–H groups in total. The molecule has 4 heteroatoms. The highest BCUT2D eigenvalue weighted by atomic mass is 17.1. The van der Waals surface area contributed by atoms with Crippen molar-refractivity contribution in [2.75, 3.05) is 6.61 Å². The standard InChI is InChI=1S/C3H5NO3/c5-3-4-1-2-7-6/h1,3,6H,2H2. The molecule has 1 amide bonds. The number of hydrogen-bond donors (Lipinski definition) is 1. The van der Waals surface area contributed by atoms with Crippen molar-refractivity contribution in [3.05, 3.63) is 0 Å². The Hall–Kier alpha value is -0.740. The summed E-state index contributed by atoms with van der Waals surface area (Å²) in [5.74, 6) is 0. The van der Waals surface area contributed by atoms with Crippen molar-refractivity contribution in [1.82, 2.24) is 0 Å². The Labute approximate surface area is 40.4 Å². The Bertz CT molecular complexity index is 70.6. The quantitative estimate of drug-likeness (QED) is 0.231. The zero-order valence-electron chi connectivity index (χ0n) is 3.57. The summed E-state index contributed by atoms with van der Waals surface area (Å²) in [5.41, 5.74) is 0. The van der Waals surface area contributed by atoms with E-state index in [1.165, 1.54) is 0 Å². The number of amides is 1. The van der Waals surface area contributed by atoms with E-state index in [1.807, 2.05) is 0 Å². The Morgan fingerprint density at radius 3 is 3.00 bits per heavy atom. The number of aliphatic imine (C=N–C) groups is 1. The normalized spacial score (nSPS) is 9.86. The highest BCUT2D eigenvalue weighted by molar-refractivity contribution is 5.69. The zero-order chi connectivity index (χ0) is 5.54. The maximum Gasteiger partial charge on any atom is 0.232 e. The van der Waals surface area contributed by atoms with Crippen LogP contribution in [0, 0.1) is 0 Å². The molecule has 0 heterocycles. The first-order valence-corrected chi connectivity index (χ1v) is 1.63. The smallest absolute Gasteiger partial charge is 0.232 e. The minimum Gasteiger partial charge on any atom is -0.276 e. The van der Waals surface area contributed by atoms with E-state index in [4.69, 9.17) is 5.26 Å². The van der Waals surface area contributed by atoms with Crippen LogP contribution in [0.25, 0.3) is 0 Å². The average molecular weight is 103 g/mol. The largest absolute Gasteiger partial charge is 0.276 e. The molecule has 0 aliphatic carbocycles. The van der Waals surface area contributed by atoms with Crippen molar-refractivity contribution in [1.29, 1.82) is 0 Å². The third kappa shape index (κ3) is 5.26. The Balaban J connectivity index is 2.92. The summed E-state index contributed by atoms with van der Waals surface area (Å²) >= 11 is 0. The Kier molecular flexibility index (Phi) is 4.70. The molecule has 0 aromatic rings. The molecule has 0 aromatic carbocycles. The lowest BCUT2D eigenvalue weighted by Gasteiger charge is -1.78. The van der Waals surface area contributed by atoms with Crippen molar-refractivity contribution in [3.8, 4) is 0 Å². The molecule has 0 fully saturated rings. The maximum absolute atomic E-state index is 9.34. The van der Waals surface area contributed by atoms with Gasteiger partial charge >= 0.3 is 0 Å². The predicted octanol–water partition coefficient (Wildman–Crippen LogP) is -0.297. The van der Waals surface area contributed by atoms with E-state index in [0.29, 0.717) is 6.41 Å². The van der Waals surface area contributed by atoms with E-state index in [-0.39, 0.29) is 6.61 Å². The second-order valence-electron chi connectivity index (χ2n) is 0.733. The minimum atomic E-state index is -0.0429. The summed E-state index contributed by atoms with van der Waals surface area (Å²) in [5, 5.41) is 7.59. The van der Waals surface area contributed by atoms with E-state index in [2.05, 4.69) is 9.88 Å². The van der Waals surface area contributed by atoms with Crippen LogP contribution in [-0.4, -0.2) is 24.5 Å². The monoisotopic (exact) mass is 103 g/mol. The molecule has 0 aliphatic rings. The number of carbonyl (C=O) groups is 1. The number of rotatable bonds is 3. The lowest BCUT2D eigenvalue weighted by molar-refractivity contribution is -0.226. The van der Waals surface area contributed by atoms with E-state index >= 15 is 0 Å². The molecule has 0 aromatic heterocycles. The van der Waals surface area contributed by atoms with Gasteiger partial charge in [-0.2, -0.15) is 0 Å². The summed E-state index contributed by atoms with van der Waals surface area (Å²) in [6, 6.07) is 0. The maximum atomic E-state index is 9.34. The Morgan fingerprint density at radius 2 is 2.57 bits per heavy atom. The van der Waals surface area contributed by atoms with E-state index in [1.54, 1.807) is 0 Å². The van der Waals surface area contributed by atoms with Crippen LogP contribution >= 0.6 is 0 Å². The van der Waals surface area contributed by atoms with Gasteiger partial charge in [0.05, 0.1) is 0 Å². The van der Waals surface area contributed by atoms with Gasteiger partial charge in [0.2, 0.25) is 6.41 Å². The first-order valence-electron chi connectivity index (χ1n) is 1.63. The molecule has 4 nitrogen and oxygen atoms in total. The van der Waals surface area contributed by atoms with Crippen molar-refractivity contribution in [2.45, 2.75) is 0 Å². The van der Waals surface area contributed by atoms with Crippen LogP contribution in [0.4, 0.5) is 0 Å². The van der Waals surface area contributed by atoms with Crippen LogP contribution in [0.1, 0.15) is 0 Å². The summed E-state index contributed by atoms with van der Waals surface area (Å²) in [7, 11) is 0. The average Bonchev–Trinajstić information content (AvgIpc) is 1.69. The van der Waals surface area contributed by atoms with Gasteiger partial charge in [0.25, 0.3) is 0 Å². The molecule has 0 spiro atoms. The summed E-state index contributed by atoms with van der Waals surface area (Å²) in [4.78, 5) is 16.0. The van der Waals surface area contributed by atoms with Crippen molar-refractivity contribution < 1.29 is 14.9 Å². The van der Waals surface area contributed by atoms with Gasteiger partial charge in [-0.3, -0.25) is 10.1 Å². The summed E-state index contributed by atoms with van der Waals surface area (Å²) in [6.07, 6.45) is 1.51. The second kappa shape index (κ2) is 5.26. The molecule has 0 unspecified atom stereocenters. The SMILES string of the molecule is O=CN=CCOO. The molecular formula is C3H5NO3. The number of hydrogen-bond acceptors (Lipinski definition) is 3. The highest BCUT2D eigenvalue weighted by Crippen LogP contribution is 1.57. The van der Waals surface area contributed by atoms with Gasteiger partial charge < -0.3 is 0 Å². The zero-order valence-corrected chi connectivity index (χ0v) is 3.57. The molecule has 0 atom stereocenters. The molecule has 0 saturated carbocycles. The van der Waals surface area contributed by atoms with Gasteiger partial charge in [0.1, 0.15) is 6.61 Å². The second-order valence-corrected chi connectivity index (χ2v) is 0.733. The fourth-order valence-electron chi connectivity index (χ4n) is 0.119. The van der Waals surface area contributed by atoms with Crippen LogP contribution in [-0.2, 0) is 9.68 Å². The van der Waals surface area contributed by atoms with E-state index in [9.17, 15) is 4.79 Å². The van der Waals surface area contributed by atoms with Gasteiger partial charge in [0, 0.05) is 6.21 Å². The van der Waals surface area contributed by atoms with Crippen LogP contribution in [0.5, 0.6) is 0 Å². The fraction of sp³-hybridized carbons (Fsp3) is 0.333. The molecule has 7 heavy (non-hydrogen) atoms. The number of carbonyl (C=O) groups excluding carboxylic acids is 1. The van der Waals surface area contributed by atoms with Crippen molar-refractivity contribution in [2.24, 2.45) is 4.99 Å². The van der Waals surface area contributed by atoms with Crippen LogP contribution in [0.15, 0.2) is 4.99 Å². The van der Waals surface area contributed by atoms with Crippen LogP contribution in [0.3, 0.4) is 0 Å².